The SMILES string of the molecule is COC(=O)c1ccc(Cn2cc([C@H]3OCCN3c3cccc(C)c3)nn2)cc1. The van der Waals surface area contributed by atoms with Crippen molar-refractivity contribution in [3.63, 3.8) is 0 Å². The summed E-state index contributed by atoms with van der Waals surface area (Å²) in [6.07, 6.45) is 1.67. The van der Waals surface area contributed by atoms with Gasteiger partial charge in [0.2, 0.25) is 0 Å². The fourth-order valence-electron chi connectivity index (χ4n) is 3.34. The molecule has 1 aliphatic rings. The lowest BCUT2D eigenvalue weighted by atomic mass is 10.1. The molecule has 4 rings (SSSR count). The third kappa shape index (κ3) is 3.75. The second kappa shape index (κ2) is 7.82. The van der Waals surface area contributed by atoms with Gasteiger partial charge in [0, 0.05) is 12.2 Å². The summed E-state index contributed by atoms with van der Waals surface area (Å²) >= 11 is 0. The molecule has 1 aromatic heterocycles. The third-order valence-corrected chi connectivity index (χ3v) is 4.75. The van der Waals surface area contributed by atoms with Crippen LogP contribution < -0.4 is 4.90 Å². The van der Waals surface area contributed by atoms with Gasteiger partial charge in [0.25, 0.3) is 0 Å². The Labute approximate surface area is 163 Å². The van der Waals surface area contributed by atoms with Crippen molar-refractivity contribution in [1.82, 2.24) is 15.0 Å². The van der Waals surface area contributed by atoms with E-state index in [1.807, 2.05) is 18.3 Å². The van der Waals surface area contributed by atoms with Crippen molar-refractivity contribution in [3.05, 3.63) is 77.1 Å². The fraction of sp³-hybridized carbons (Fsp3) is 0.286. The Morgan fingerprint density at radius 3 is 2.82 bits per heavy atom. The molecule has 1 saturated heterocycles. The summed E-state index contributed by atoms with van der Waals surface area (Å²) in [5, 5.41) is 8.57. The van der Waals surface area contributed by atoms with Crippen molar-refractivity contribution >= 4 is 11.7 Å². The van der Waals surface area contributed by atoms with Crippen LogP contribution in [-0.4, -0.2) is 41.2 Å². The van der Waals surface area contributed by atoms with E-state index in [0.717, 1.165) is 23.5 Å². The van der Waals surface area contributed by atoms with Gasteiger partial charge in [-0.25, -0.2) is 9.48 Å². The zero-order valence-corrected chi connectivity index (χ0v) is 15.9. The summed E-state index contributed by atoms with van der Waals surface area (Å²) in [4.78, 5) is 13.7. The summed E-state index contributed by atoms with van der Waals surface area (Å²) in [6.45, 7) is 4.11. The number of benzene rings is 2. The molecule has 144 valence electrons. The Kier molecular flexibility index (Phi) is 5.08. The quantitative estimate of drug-likeness (QED) is 0.636. The van der Waals surface area contributed by atoms with Crippen molar-refractivity contribution in [3.8, 4) is 0 Å². The van der Waals surface area contributed by atoms with E-state index >= 15 is 0 Å². The molecule has 3 aromatic rings. The van der Waals surface area contributed by atoms with Crippen LogP contribution in [0.4, 0.5) is 5.69 Å². The number of carbonyl (C=O) groups is 1. The molecule has 1 fully saturated rings. The highest BCUT2D eigenvalue weighted by molar-refractivity contribution is 5.89. The molecule has 0 amide bonds. The fourth-order valence-corrected chi connectivity index (χ4v) is 3.34. The molecule has 2 heterocycles. The van der Waals surface area contributed by atoms with Gasteiger partial charge in [0.1, 0.15) is 5.69 Å². The number of carbonyl (C=O) groups excluding carboxylic acids is 1. The Hall–Kier alpha value is -3.19. The van der Waals surface area contributed by atoms with E-state index in [1.165, 1.54) is 12.7 Å². The van der Waals surface area contributed by atoms with Gasteiger partial charge in [-0.15, -0.1) is 5.10 Å². The van der Waals surface area contributed by atoms with E-state index in [-0.39, 0.29) is 12.2 Å². The van der Waals surface area contributed by atoms with Crippen molar-refractivity contribution in [1.29, 1.82) is 0 Å². The number of aryl methyl sites for hydroxylation is 1. The predicted octanol–water partition coefficient (Wildman–Crippen LogP) is 2.96. The maximum absolute atomic E-state index is 11.5. The summed E-state index contributed by atoms with van der Waals surface area (Å²) in [6, 6.07) is 15.6. The van der Waals surface area contributed by atoms with Crippen LogP contribution in [0.2, 0.25) is 0 Å². The molecule has 7 nitrogen and oxygen atoms in total. The van der Waals surface area contributed by atoms with Crippen LogP contribution in [0.3, 0.4) is 0 Å². The summed E-state index contributed by atoms with van der Waals surface area (Å²) in [5.74, 6) is -0.343. The summed E-state index contributed by atoms with van der Waals surface area (Å²) in [5.41, 5.74) is 4.66. The second-order valence-corrected chi connectivity index (χ2v) is 6.79. The number of rotatable bonds is 5. The molecule has 0 radical (unpaired) electrons. The lowest BCUT2D eigenvalue weighted by Gasteiger charge is -2.23. The highest BCUT2D eigenvalue weighted by Gasteiger charge is 2.29. The maximum Gasteiger partial charge on any atom is 0.337 e. The topological polar surface area (TPSA) is 69.5 Å². The predicted molar refractivity (Wildman–Crippen MR) is 104 cm³/mol. The van der Waals surface area contributed by atoms with Gasteiger partial charge in [0.05, 0.1) is 32.0 Å². The smallest absolute Gasteiger partial charge is 0.337 e. The van der Waals surface area contributed by atoms with E-state index in [2.05, 4.69) is 46.4 Å². The number of hydrogen-bond donors (Lipinski definition) is 0. The van der Waals surface area contributed by atoms with Gasteiger partial charge < -0.3 is 14.4 Å². The molecule has 28 heavy (non-hydrogen) atoms. The van der Waals surface area contributed by atoms with Crippen LogP contribution in [0.5, 0.6) is 0 Å². The molecule has 7 heteroatoms. The van der Waals surface area contributed by atoms with Crippen molar-refractivity contribution in [2.24, 2.45) is 0 Å². The highest BCUT2D eigenvalue weighted by Crippen LogP contribution is 2.31. The first-order valence-electron chi connectivity index (χ1n) is 9.16. The third-order valence-electron chi connectivity index (χ3n) is 4.75. The molecule has 0 N–H and O–H groups in total. The largest absolute Gasteiger partial charge is 0.465 e. The van der Waals surface area contributed by atoms with Crippen LogP contribution in [0.25, 0.3) is 0 Å². The van der Waals surface area contributed by atoms with Gasteiger partial charge in [-0.1, -0.05) is 29.5 Å². The van der Waals surface area contributed by atoms with E-state index in [9.17, 15) is 4.79 Å². The zero-order valence-electron chi connectivity index (χ0n) is 15.9. The first-order valence-corrected chi connectivity index (χ1v) is 9.16. The molecular formula is C21H22N4O3. The molecule has 2 aromatic carbocycles. The number of nitrogens with zero attached hydrogens (tertiary/aromatic N) is 4. The monoisotopic (exact) mass is 378 g/mol. The minimum absolute atomic E-state index is 0.239. The minimum Gasteiger partial charge on any atom is -0.465 e. The standard InChI is InChI=1S/C21H22N4O3/c1-15-4-3-5-18(12-15)25-10-11-28-20(25)19-14-24(23-22-19)13-16-6-8-17(9-7-16)21(26)27-2/h3-9,12,14,20H,10-11,13H2,1-2H3/t20-/m1/s1. The molecular weight excluding hydrogens is 356 g/mol. The number of esters is 1. The normalized spacial score (nSPS) is 16.4. The second-order valence-electron chi connectivity index (χ2n) is 6.79. The Bertz CT molecular complexity index is 968. The summed E-state index contributed by atoms with van der Waals surface area (Å²) in [7, 11) is 1.37. The molecule has 0 aliphatic carbocycles. The molecule has 0 unspecified atom stereocenters. The molecule has 1 atom stereocenters. The molecule has 0 saturated carbocycles. The Morgan fingerprint density at radius 1 is 1.25 bits per heavy atom. The minimum atomic E-state index is -0.343. The van der Waals surface area contributed by atoms with Crippen LogP contribution in [-0.2, 0) is 16.0 Å². The number of hydrogen-bond acceptors (Lipinski definition) is 6. The molecule has 0 spiro atoms. The number of aromatic nitrogens is 3. The zero-order chi connectivity index (χ0) is 19.5. The van der Waals surface area contributed by atoms with Crippen molar-refractivity contribution in [2.75, 3.05) is 25.2 Å². The van der Waals surface area contributed by atoms with E-state index in [1.54, 1.807) is 16.8 Å². The van der Waals surface area contributed by atoms with Gasteiger partial charge in [-0.05, 0) is 42.3 Å². The average molecular weight is 378 g/mol. The van der Waals surface area contributed by atoms with Crippen LogP contribution in [0, 0.1) is 6.92 Å². The van der Waals surface area contributed by atoms with Crippen LogP contribution >= 0.6 is 0 Å². The number of anilines is 1. The van der Waals surface area contributed by atoms with Gasteiger partial charge in [0.15, 0.2) is 6.23 Å². The first-order chi connectivity index (χ1) is 13.6. The number of ether oxygens (including phenoxy) is 2. The van der Waals surface area contributed by atoms with Crippen molar-refractivity contribution < 1.29 is 14.3 Å². The molecule has 0 bridgehead atoms. The lowest BCUT2D eigenvalue weighted by Crippen LogP contribution is -2.23. The maximum atomic E-state index is 11.5. The van der Waals surface area contributed by atoms with Gasteiger partial charge in [-0.3, -0.25) is 0 Å². The van der Waals surface area contributed by atoms with E-state index in [0.29, 0.717) is 18.7 Å². The van der Waals surface area contributed by atoms with E-state index < -0.39 is 0 Å². The van der Waals surface area contributed by atoms with Gasteiger partial charge >= 0.3 is 5.97 Å². The number of methoxy groups -OCH3 is 1. The lowest BCUT2D eigenvalue weighted by molar-refractivity contribution is 0.0600. The summed E-state index contributed by atoms with van der Waals surface area (Å²) < 4.78 is 12.4. The van der Waals surface area contributed by atoms with Crippen LogP contribution in [0.15, 0.2) is 54.7 Å². The first kappa shape index (κ1) is 18.2. The molecule has 1 aliphatic heterocycles. The average Bonchev–Trinajstić information content (AvgIpc) is 3.37. The van der Waals surface area contributed by atoms with Crippen LogP contribution in [0.1, 0.15) is 33.4 Å². The Morgan fingerprint density at radius 2 is 2.07 bits per heavy atom. The van der Waals surface area contributed by atoms with Crippen molar-refractivity contribution in [2.45, 2.75) is 19.7 Å². The van der Waals surface area contributed by atoms with E-state index in [4.69, 9.17) is 9.47 Å². The Balaban J connectivity index is 1.48. The highest BCUT2D eigenvalue weighted by atomic mass is 16.5. The van der Waals surface area contributed by atoms with Gasteiger partial charge in [-0.2, -0.15) is 0 Å².